The van der Waals surface area contributed by atoms with Crippen molar-refractivity contribution in [2.24, 2.45) is 5.92 Å². The SMILES string of the molecule is CC(C)(C)c1cc(=O)n(CC2CCN(C(=O)c3cn[nH]c3)CC2)cn1. The van der Waals surface area contributed by atoms with E-state index in [0.717, 1.165) is 18.5 Å². The van der Waals surface area contributed by atoms with Crippen LogP contribution < -0.4 is 5.56 Å². The lowest BCUT2D eigenvalue weighted by Crippen LogP contribution is -2.40. The van der Waals surface area contributed by atoms with Gasteiger partial charge in [0.25, 0.3) is 11.5 Å². The van der Waals surface area contributed by atoms with Gasteiger partial charge in [-0.1, -0.05) is 20.8 Å². The fourth-order valence-corrected chi connectivity index (χ4v) is 3.12. The average Bonchev–Trinajstić information content (AvgIpc) is 3.10. The topological polar surface area (TPSA) is 83.9 Å². The number of amides is 1. The minimum atomic E-state index is -0.128. The van der Waals surface area contributed by atoms with Crippen molar-refractivity contribution in [1.82, 2.24) is 24.6 Å². The summed E-state index contributed by atoms with van der Waals surface area (Å²) in [5, 5.41) is 6.50. The maximum Gasteiger partial charge on any atom is 0.257 e. The summed E-state index contributed by atoms with van der Waals surface area (Å²) < 4.78 is 1.69. The predicted molar refractivity (Wildman–Crippen MR) is 94.4 cm³/mol. The van der Waals surface area contributed by atoms with Gasteiger partial charge in [-0.25, -0.2) is 4.98 Å². The number of hydrogen-bond acceptors (Lipinski definition) is 4. The number of aromatic amines is 1. The van der Waals surface area contributed by atoms with Gasteiger partial charge < -0.3 is 4.90 Å². The van der Waals surface area contributed by atoms with E-state index >= 15 is 0 Å². The Hall–Kier alpha value is -2.44. The lowest BCUT2D eigenvalue weighted by molar-refractivity contribution is 0.0682. The van der Waals surface area contributed by atoms with Crippen molar-refractivity contribution in [2.45, 2.75) is 45.6 Å². The Bertz CT molecular complexity index is 781. The van der Waals surface area contributed by atoms with E-state index in [1.54, 1.807) is 29.4 Å². The molecule has 0 atom stereocenters. The van der Waals surface area contributed by atoms with Gasteiger partial charge in [0, 0.05) is 37.3 Å². The summed E-state index contributed by atoms with van der Waals surface area (Å²) in [5.74, 6) is 0.397. The largest absolute Gasteiger partial charge is 0.339 e. The highest BCUT2D eigenvalue weighted by molar-refractivity contribution is 5.93. The summed E-state index contributed by atoms with van der Waals surface area (Å²) >= 11 is 0. The van der Waals surface area contributed by atoms with Crippen LogP contribution in [-0.2, 0) is 12.0 Å². The molecule has 0 spiro atoms. The summed E-state index contributed by atoms with van der Waals surface area (Å²) in [6.45, 7) is 8.21. The minimum Gasteiger partial charge on any atom is -0.339 e. The van der Waals surface area contributed by atoms with Crippen molar-refractivity contribution in [2.75, 3.05) is 13.1 Å². The van der Waals surface area contributed by atoms with E-state index in [9.17, 15) is 9.59 Å². The van der Waals surface area contributed by atoms with Crippen LogP contribution in [0.5, 0.6) is 0 Å². The molecule has 1 amide bonds. The van der Waals surface area contributed by atoms with Crippen LogP contribution in [-0.4, -0.2) is 43.6 Å². The molecule has 3 heterocycles. The second-order valence-electron chi connectivity index (χ2n) is 7.74. The normalized spacial score (nSPS) is 16.2. The predicted octanol–water partition coefficient (Wildman–Crippen LogP) is 1.82. The van der Waals surface area contributed by atoms with Crippen molar-refractivity contribution < 1.29 is 4.79 Å². The summed E-state index contributed by atoms with van der Waals surface area (Å²) in [4.78, 5) is 30.9. The molecule has 0 aromatic carbocycles. The monoisotopic (exact) mass is 343 g/mol. The maximum atomic E-state index is 12.3. The molecule has 134 valence electrons. The second kappa shape index (κ2) is 6.82. The van der Waals surface area contributed by atoms with Crippen LogP contribution in [0, 0.1) is 5.92 Å². The fourth-order valence-electron chi connectivity index (χ4n) is 3.12. The van der Waals surface area contributed by atoms with Crippen LogP contribution in [0.2, 0.25) is 0 Å². The molecule has 3 rings (SSSR count). The van der Waals surface area contributed by atoms with Crippen LogP contribution in [0.4, 0.5) is 0 Å². The average molecular weight is 343 g/mol. The molecule has 0 saturated carbocycles. The van der Waals surface area contributed by atoms with Crippen molar-refractivity contribution in [3.8, 4) is 0 Å². The molecule has 1 aliphatic heterocycles. The molecule has 1 fully saturated rings. The molecule has 2 aromatic rings. The van der Waals surface area contributed by atoms with E-state index in [2.05, 4.69) is 15.2 Å². The number of hydrogen-bond donors (Lipinski definition) is 1. The van der Waals surface area contributed by atoms with Crippen molar-refractivity contribution >= 4 is 5.91 Å². The summed E-state index contributed by atoms with van der Waals surface area (Å²) in [6, 6.07) is 1.64. The Morgan fingerprint density at radius 1 is 1.32 bits per heavy atom. The Kier molecular flexibility index (Phi) is 4.74. The van der Waals surface area contributed by atoms with Gasteiger partial charge >= 0.3 is 0 Å². The number of rotatable bonds is 3. The number of carbonyl (C=O) groups excluding carboxylic acids is 1. The third-order valence-electron chi connectivity index (χ3n) is 4.75. The Balaban J connectivity index is 1.59. The van der Waals surface area contributed by atoms with Crippen LogP contribution >= 0.6 is 0 Å². The zero-order valence-electron chi connectivity index (χ0n) is 15.0. The number of likely N-dealkylation sites (tertiary alicyclic amines) is 1. The molecule has 0 unspecified atom stereocenters. The third kappa shape index (κ3) is 3.97. The van der Waals surface area contributed by atoms with Gasteiger partial charge in [0.2, 0.25) is 0 Å². The van der Waals surface area contributed by atoms with Crippen LogP contribution in [0.15, 0.2) is 29.6 Å². The maximum absolute atomic E-state index is 12.3. The molecular formula is C18H25N5O2. The van der Waals surface area contributed by atoms with E-state index in [0.29, 0.717) is 31.1 Å². The van der Waals surface area contributed by atoms with E-state index in [4.69, 9.17) is 0 Å². The highest BCUT2D eigenvalue weighted by Gasteiger charge is 2.25. The van der Waals surface area contributed by atoms with Gasteiger partial charge in [-0.2, -0.15) is 5.10 Å². The first-order valence-electron chi connectivity index (χ1n) is 8.69. The Labute approximate surface area is 147 Å². The zero-order chi connectivity index (χ0) is 18.0. The second-order valence-corrected chi connectivity index (χ2v) is 7.74. The van der Waals surface area contributed by atoms with Gasteiger partial charge in [0.1, 0.15) is 0 Å². The minimum absolute atomic E-state index is 0.00294. The molecular weight excluding hydrogens is 318 g/mol. The number of nitrogens with one attached hydrogen (secondary N) is 1. The van der Waals surface area contributed by atoms with Gasteiger partial charge in [0.05, 0.1) is 23.8 Å². The fraction of sp³-hybridized carbons (Fsp3) is 0.556. The highest BCUT2D eigenvalue weighted by atomic mass is 16.2. The first kappa shape index (κ1) is 17.4. The molecule has 7 nitrogen and oxygen atoms in total. The lowest BCUT2D eigenvalue weighted by Gasteiger charge is -2.32. The standard InChI is InChI=1S/C18H25N5O2/c1-18(2,3)15-8-16(24)23(12-19-15)11-13-4-6-22(7-5-13)17(25)14-9-20-21-10-14/h8-10,12-13H,4-7,11H2,1-3H3,(H,20,21). The number of carbonyl (C=O) groups is 1. The van der Waals surface area contributed by atoms with Crippen molar-refractivity contribution in [3.05, 3.63) is 46.4 Å². The molecule has 7 heteroatoms. The number of aromatic nitrogens is 4. The van der Waals surface area contributed by atoms with Gasteiger partial charge in [-0.05, 0) is 18.8 Å². The number of H-pyrrole nitrogens is 1. The summed E-state index contributed by atoms with van der Waals surface area (Å²) in [5.41, 5.74) is 1.28. The molecule has 25 heavy (non-hydrogen) atoms. The van der Waals surface area contributed by atoms with Crippen LogP contribution in [0.25, 0.3) is 0 Å². The smallest absolute Gasteiger partial charge is 0.257 e. The van der Waals surface area contributed by atoms with Crippen LogP contribution in [0.1, 0.15) is 49.7 Å². The van der Waals surface area contributed by atoms with Gasteiger partial charge in [-0.15, -0.1) is 0 Å². The van der Waals surface area contributed by atoms with E-state index in [1.807, 2.05) is 25.7 Å². The Morgan fingerprint density at radius 2 is 2.04 bits per heavy atom. The van der Waals surface area contributed by atoms with E-state index < -0.39 is 0 Å². The van der Waals surface area contributed by atoms with Crippen molar-refractivity contribution in [3.63, 3.8) is 0 Å². The molecule has 1 aliphatic rings. The third-order valence-corrected chi connectivity index (χ3v) is 4.75. The first-order chi connectivity index (χ1) is 11.8. The summed E-state index contributed by atoms with van der Waals surface area (Å²) in [6.07, 6.45) is 6.60. The molecule has 0 radical (unpaired) electrons. The highest BCUT2D eigenvalue weighted by Crippen LogP contribution is 2.21. The molecule has 1 saturated heterocycles. The molecule has 0 bridgehead atoms. The quantitative estimate of drug-likeness (QED) is 0.921. The lowest BCUT2D eigenvalue weighted by atomic mass is 9.92. The number of nitrogens with zero attached hydrogens (tertiary/aromatic N) is 4. The molecule has 0 aliphatic carbocycles. The van der Waals surface area contributed by atoms with Gasteiger partial charge in [0.15, 0.2) is 0 Å². The molecule has 2 aromatic heterocycles. The zero-order valence-corrected chi connectivity index (χ0v) is 15.0. The van der Waals surface area contributed by atoms with Crippen molar-refractivity contribution in [1.29, 1.82) is 0 Å². The van der Waals surface area contributed by atoms with Crippen LogP contribution in [0.3, 0.4) is 0 Å². The van der Waals surface area contributed by atoms with E-state index in [-0.39, 0.29) is 16.9 Å². The molecule has 1 N–H and O–H groups in total. The number of piperidine rings is 1. The van der Waals surface area contributed by atoms with Gasteiger partial charge in [-0.3, -0.25) is 19.3 Å². The first-order valence-corrected chi connectivity index (χ1v) is 8.69. The summed E-state index contributed by atoms with van der Waals surface area (Å²) in [7, 11) is 0. The van der Waals surface area contributed by atoms with E-state index in [1.165, 1.54) is 0 Å². The Morgan fingerprint density at radius 3 is 2.60 bits per heavy atom.